The molecule has 0 aromatic heterocycles. The molecular weight excluding hydrogens is 501 g/mol. The van der Waals surface area contributed by atoms with Crippen molar-refractivity contribution >= 4 is 40.5 Å². The van der Waals surface area contributed by atoms with Crippen molar-refractivity contribution in [3.8, 4) is 0 Å². The van der Waals surface area contributed by atoms with Crippen molar-refractivity contribution < 1.29 is 24.2 Å². The number of hydrogen-bond acceptors (Lipinski definition) is 5. The highest BCUT2D eigenvalue weighted by molar-refractivity contribution is 14.1. The molecule has 0 aliphatic heterocycles. The van der Waals surface area contributed by atoms with Gasteiger partial charge in [0.15, 0.2) is 0 Å². The lowest BCUT2D eigenvalue weighted by atomic mass is 10.0. The Morgan fingerprint density at radius 2 is 1.67 bits per heavy atom. The lowest BCUT2D eigenvalue weighted by molar-refractivity contribution is -0.130. The number of hydrogen-bond donors (Lipinski definition) is 4. The van der Waals surface area contributed by atoms with Crippen molar-refractivity contribution in [2.24, 2.45) is 5.73 Å². The third-order valence-corrected chi connectivity index (χ3v) is 4.98. The fraction of sp³-hybridized carbons (Fsp3) is 0.286. The number of nitrogens with one attached hydrogen (secondary N) is 2. The van der Waals surface area contributed by atoms with E-state index in [4.69, 9.17) is 10.5 Å². The molecule has 0 radical (unpaired) electrons. The summed E-state index contributed by atoms with van der Waals surface area (Å²) in [5, 5.41) is 14.8. The highest BCUT2D eigenvalue weighted by atomic mass is 127. The number of aliphatic hydroxyl groups excluding tert-OH is 1. The number of rotatable bonds is 9. The zero-order valence-corrected chi connectivity index (χ0v) is 18.5. The fourth-order valence-electron chi connectivity index (χ4n) is 2.64. The minimum atomic E-state index is -1.31. The van der Waals surface area contributed by atoms with Crippen LogP contribution in [0.15, 0.2) is 54.6 Å². The van der Waals surface area contributed by atoms with E-state index in [0.717, 1.165) is 14.7 Å². The van der Waals surface area contributed by atoms with E-state index in [2.05, 4.69) is 33.2 Å². The Labute approximate surface area is 188 Å². The van der Waals surface area contributed by atoms with Crippen molar-refractivity contribution in [1.29, 1.82) is 0 Å². The van der Waals surface area contributed by atoms with Crippen LogP contribution in [0.4, 0.5) is 4.79 Å². The second-order valence-corrected chi connectivity index (χ2v) is 7.96. The SMILES string of the molecule is C[C@@H](O)[C@H](NC(=O)OCc1ccccc1)C(=O)N[C@@H](Cc1ccc(I)cc1)C(N)=O. The van der Waals surface area contributed by atoms with Crippen LogP contribution < -0.4 is 16.4 Å². The topological polar surface area (TPSA) is 131 Å². The summed E-state index contributed by atoms with van der Waals surface area (Å²) in [6.45, 7) is 1.36. The summed E-state index contributed by atoms with van der Waals surface area (Å²) in [7, 11) is 0. The molecule has 160 valence electrons. The summed E-state index contributed by atoms with van der Waals surface area (Å²) >= 11 is 2.16. The maximum Gasteiger partial charge on any atom is 0.408 e. The smallest absolute Gasteiger partial charge is 0.408 e. The monoisotopic (exact) mass is 525 g/mol. The number of alkyl carbamates (subject to hydrolysis) is 1. The Morgan fingerprint density at radius 1 is 1.03 bits per heavy atom. The summed E-state index contributed by atoms with van der Waals surface area (Å²) in [6, 6.07) is 14.1. The molecule has 0 fully saturated rings. The molecule has 0 aliphatic rings. The standard InChI is InChI=1S/C21H24IN3O5/c1-13(26)18(25-21(29)30-12-15-5-3-2-4-6-15)20(28)24-17(19(23)27)11-14-7-9-16(22)10-8-14/h2-10,13,17-18,26H,11-12H2,1H3,(H2,23,27)(H,24,28)(H,25,29)/t13-,17+,18+/m1/s1. The van der Waals surface area contributed by atoms with Gasteiger partial charge in [-0.2, -0.15) is 0 Å². The van der Waals surface area contributed by atoms with E-state index < -0.39 is 36.1 Å². The average Bonchev–Trinajstić information content (AvgIpc) is 2.71. The predicted octanol–water partition coefficient (Wildman–Crippen LogP) is 1.48. The number of carbonyl (C=O) groups excluding carboxylic acids is 3. The molecule has 9 heteroatoms. The summed E-state index contributed by atoms with van der Waals surface area (Å²) in [5.74, 6) is -1.46. The highest BCUT2D eigenvalue weighted by Crippen LogP contribution is 2.09. The van der Waals surface area contributed by atoms with Gasteiger partial charge in [0.05, 0.1) is 6.10 Å². The van der Waals surface area contributed by atoms with Crippen LogP contribution in [0.1, 0.15) is 18.1 Å². The summed E-state index contributed by atoms with van der Waals surface area (Å²) in [5.41, 5.74) is 7.01. The van der Waals surface area contributed by atoms with Gasteiger partial charge >= 0.3 is 6.09 Å². The Hall–Kier alpha value is -2.66. The molecule has 0 spiro atoms. The van der Waals surface area contributed by atoms with Crippen LogP contribution in [0.3, 0.4) is 0 Å². The highest BCUT2D eigenvalue weighted by Gasteiger charge is 2.29. The van der Waals surface area contributed by atoms with Gasteiger partial charge in [-0.1, -0.05) is 42.5 Å². The van der Waals surface area contributed by atoms with Gasteiger partial charge in [0.1, 0.15) is 18.7 Å². The second kappa shape index (κ2) is 11.5. The molecule has 3 atom stereocenters. The maximum atomic E-state index is 12.6. The molecule has 2 aromatic carbocycles. The van der Waals surface area contributed by atoms with Crippen LogP contribution in [0.5, 0.6) is 0 Å². The number of benzene rings is 2. The maximum absolute atomic E-state index is 12.6. The normalized spacial score (nSPS) is 13.6. The van der Waals surface area contributed by atoms with Gasteiger partial charge in [0.25, 0.3) is 0 Å². The van der Waals surface area contributed by atoms with E-state index in [9.17, 15) is 19.5 Å². The number of nitrogens with two attached hydrogens (primary N) is 1. The first-order valence-corrected chi connectivity index (χ1v) is 10.3. The first kappa shape index (κ1) is 23.6. The van der Waals surface area contributed by atoms with Gasteiger partial charge in [0.2, 0.25) is 11.8 Å². The van der Waals surface area contributed by atoms with Crippen molar-refractivity contribution in [2.45, 2.75) is 38.1 Å². The molecule has 30 heavy (non-hydrogen) atoms. The number of carbonyl (C=O) groups is 3. The largest absolute Gasteiger partial charge is 0.445 e. The quantitative estimate of drug-likeness (QED) is 0.369. The zero-order chi connectivity index (χ0) is 22.1. The van der Waals surface area contributed by atoms with Gasteiger partial charge in [-0.05, 0) is 52.8 Å². The fourth-order valence-corrected chi connectivity index (χ4v) is 3.00. The first-order chi connectivity index (χ1) is 14.3. The van der Waals surface area contributed by atoms with Gasteiger partial charge in [-0.25, -0.2) is 4.79 Å². The van der Waals surface area contributed by atoms with Gasteiger partial charge in [-0.15, -0.1) is 0 Å². The van der Waals surface area contributed by atoms with E-state index in [1.54, 1.807) is 24.3 Å². The average molecular weight is 525 g/mol. The van der Waals surface area contributed by atoms with Crippen molar-refractivity contribution in [3.63, 3.8) is 0 Å². The van der Waals surface area contributed by atoms with Crippen molar-refractivity contribution in [3.05, 3.63) is 69.3 Å². The van der Waals surface area contributed by atoms with Gasteiger partial charge < -0.3 is 26.2 Å². The van der Waals surface area contributed by atoms with Crippen LogP contribution in [0.2, 0.25) is 0 Å². The molecule has 0 aliphatic carbocycles. The van der Waals surface area contributed by atoms with E-state index >= 15 is 0 Å². The molecule has 0 unspecified atom stereocenters. The number of halogens is 1. The Morgan fingerprint density at radius 3 is 2.23 bits per heavy atom. The summed E-state index contributed by atoms with van der Waals surface area (Å²) in [4.78, 5) is 36.5. The molecule has 2 rings (SSSR count). The molecule has 8 nitrogen and oxygen atoms in total. The minimum absolute atomic E-state index is 0.0114. The van der Waals surface area contributed by atoms with Gasteiger partial charge in [-0.3, -0.25) is 9.59 Å². The van der Waals surface area contributed by atoms with Crippen LogP contribution in [0, 0.1) is 3.57 Å². The van der Waals surface area contributed by atoms with Crippen molar-refractivity contribution in [1.82, 2.24) is 10.6 Å². The molecule has 2 aromatic rings. The van der Waals surface area contributed by atoms with E-state index in [0.29, 0.717) is 0 Å². The third kappa shape index (κ3) is 7.64. The molecule has 3 amide bonds. The number of amides is 3. The lowest BCUT2D eigenvalue weighted by Crippen LogP contribution is -2.57. The zero-order valence-electron chi connectivity index (χ0n) is 16.4. The second-order valence-electron chi connectivity index (χ2n) is 6.72. The van der Waals surface area contributed by atoms with Crippen LogP contribution in [-0.4, -0.2) is 41.2 Å². The van der Waals surface area contributed by atoms with E-state index in [1.165, 1.54) is 6.92 Å². The van der Waals surface area contributed by atoms with Gasteiger partial charge in [0, 0.05) is 9.99 Å². The summed E-state index contributed by atoms with van der Waals surface area (Å²) in [6.07, 6.45) is -1.91. The van der Waals surface area contributed by atoms with Crippen molar-refractivity contribution in [2.75, 3.05) is 0 Å². The molecule has 0 heterocycles. The molecule has 0 saturated carbocycles. The van der Waals surface area contributed by atoms with E-state index in [-0.39, 0.29) is 13.0 Å². The summed E-state index contributed by atoms with van der Waals surface area (Å²) < 4.78 is 6.12. The Balaban J connectivity index is 1.97. The van der Waals surface area contributed by atoms with Crippen LogP contribution in [-0.2, 0) is 27.4 Å². The molecule has 0 saturated heterocycles. The predicted molar refractivity (Wildman–Crippen MR) is 119 cm³/mol. The van der Waals surface area contributed by atoms with Crippen LogP contribution >= 0.6 is 22.6 Å². The molecule has 5 N–H and O–H groups in total. The number of primary amides is 1. The first-order valence-electron chi connectivity index (χ1n) is 9.25. The lowest BCUT2D eigenvalue weighted by Gasteiger charge is -2.23. The van der Waals surface area contributed by atoms with E-state index in [1.807, 2.05) is 30.3 Å². The number of aliphatic hydroxyl groups is 1. The number of ether oxygens (including phenoxy) is 1. The van der Waals surface area contributed by atoms with Crippen LogP contribution in [0.25, 0.3) is 0 Å². The molecular formula is C21H24IN3O5. The Bertz CT molecular complexity index is 859. The third-order valence-electron chi connectivity index (χ3n) is 4.26. The minimum Gasteiger partial charge on any atom is -0.445 e. The molecule has 0 bridgehead atoms. The Kier molecular flexibility index (Phi) is 9.06.